The second kappa shape index (κ2) is 10.5. The van der Waals surface area contributed by atoms with Gasteiger partial charge in [-0.1, -0.05) is 31.4 Å². The molecule has 0 amide bonds. The topological polar surface area (TPSA) is 35.9 Å². The van der Waals surface area contributed by atoms with Crippen LogP contribution in [0.2, 0.25) is 0 Å². The Labute approximate surface area is 162 Å². The van der Waals surface area contributed by atoms with Crippen molar-refractivity contribution in [2.75, 3.05) is 44.8 Å². The maximum Gasteiger partial charge on any atom is 0.119 e. The van der Waals surface area contributed by atoms with Crippen molar-refractivity contribution in [1.29, 1.82) is 0 Å². The number of ether oxygens (including phenoxy) is 1. The molecule has 5 heteroatoms. The van der Waals surface area contributed by atoms with Crippen molar-refractivity contribution in [3.8, 4) is 5.75 Å². The van der Waals surface area contributed by atoms with Crippen LogP contribution in [0.5, 0.6) is 5.75 Å². The normalized spacial score (nSPS) is 21.0. The molecule has 1 aromatic carbocycles. The van der Waals surface area contributed by atoms with Gasteiger partial charge in [0.2, 0.25) is 0 Å². The van der Waals surface area contributed by atoms with Crippen LogP contribution in [0.3, 0.4) is 0 Å². The predicted molar refractivity (Wildman–Crippen MR) is 110 cm³/mol. The average Bonchev–Trinajstić information content (AvgIpc) is 2.68. The zero-order valence-electron chi connectivity index (χ0n) is 16.1. The fourth-order valence-electron chi connectivity index (χ4n) is 4.00. The summed E-state index contributed by atoms with van der Waals surface area (Å²) in [6.07, 6.45) is 6.10. The number of rotatable bonds is 8. The summed E-state index contributed by atoms with van der Waals surface area (Å²) in [6.45, 7) is 4.38. The van der Waals surface area contributed by atoms with Crippen LogP contribution in [0, 0.1) is 0 Å². The van der Waals surface area contributed by atoms with Gasteiger partial charge in [-0.3, -0.25) is 4.90 Å². The maximum atomic E-state index is 10.4. The van der Waals surface area contributed by atoms with Crippen molar-refractivity contribution in [3.63, 3.8) is 0 Å². The lowest BCUT2D eigenvalue weighted by Gasteiger charge is -2.32. The first-order valence-corrected chi connectivity index (χ1v) is 11.3. The van der Waals surface area contributed by atoms with Gasteiger partial charge >= 0.3 is 0 Å². The Morgan fingerprint density at radius 1 is 1.23 bits per heavy atom. The molecule has 2 fully saturated rings. The molecule has 0 radical (unpaired) electrons. The first-order valence-electron chi connectivity index (χ1n) is 10.1. The Hall–Kier alpha value is -0.750. The van der Waals surface area contributed by atoms with Crippen LogP contribution in [0.25, 0.3) is 0 Å². The molecule has 1 atom stereocenters. The Balaban J connectivity index is 1.42. The first-order chi connectivity index (χ1) is 12.7. The van der Waals surface area contributed by atoms with Crippen LogP contribution in [0.4, 0.5) is 0 Å². The van der Waals surface area contributed by atoms with Crippen molar-refractivity contribution in [2.45, 2.75) is 50.8 Å². The number of thioether (sulfide) groups is 1. The smallest absolute Gasteiger partial charge is 0.119 e. The summed E-state index contributed by atoms with van der Waals surface area (Å²) >= 11 is 2.04. The minimum Gasteiger partial charge on any atom is -0.491 e. The molecule has 1 aliphatic carbocycles. The van der Waals surface area contributed by atoms with Crippen molar-refractivity contribution in [2.24, 2.45) is 0 Å². The van der Waals surface area contributed by atoms with Gasteiger partial charge in [-0.25, -0.2) is 0 Å². The van der Waals surface area contributed by atoms with E-state index in [0.717, 1.165) is 12.3 Å². The number of aliphatic hydroxyl groups is 1. The summed E-state index contributed by atoms with van der Waals surface area (Å²) in [7, 11) is 2.14. The van der Waals surface area contributed by atoms with Gasteiger partial charge in [0.1, 0.15) is 18.5 Å². The molecule has 1 saturated carbocycles. The number of nitrogens with zero attached hydrogens (tertiary/aromatic N) is 2. The molecule has 0 bridgehead atoms. The van der Waals surface area contributed by atoms with Gasteiger partial charge < -0.3 is 14.7 Å². The molecule has 2 aliphatic rings. The molecule has 1 unspecified atom stereocenters. The van der Waals surface area contributed by atoms with E-state index in [9.17, 15) is 5.11 Å². The minimum absolute atomic E-state index is 0.362. The Morgan fingerprint density at radius 2 is 2.00 bits per heavy atom. The zero-order valence-corrected chi connectivity index (χ0v) is 16.9. The van der Waals surface area contributed by atoms with Gasteiger partial charge in [0.05, 0.1) is 0 Å². The summed E-state index contributed by atoms with van der Waals surface area (Å²) in [4.78, 5) is 4.82. The Morgan fingerprint density at radius 3 is 2.77 bits per heavy atom. The van der Waals surface area contributed by atoms with E-state index < -0.39 is 6.10 Å². The van der Waals surface area contributed by atoms with Gasteiger partial charge in [-0.15, -0.1) is 0 Å². The van der Waals surface area contributed by atoms with E-state index in [4.69, 9.17) is 4.74 Å². The Bertz CT molecular complexity index is 530. The molecule has 146 valence electrons. The van der Waals surface area contributed by atoms with Crippen LogP contribution >= 0.6 is 11.8 Å². The SMILES string of the molecule is CN(CC(O)COc1cccc(CN2CCSCC2)c1)C1CCCCC1. The van der Waals surface area contributed by atoms with E-state index in [1.807, 2.05) is 17.8 Å². The second-order valence-electron chi connectivity index (χ2n) is 7.73. The number of hydrogen-bond acceptors (Lipinski definition) is 5. The van der Waals surface area contributed by atoms with Gasteiger partial charge in [0, 0.05) is 43.7 Å². The van der Waals surface area contributed by atoms with Crippen LogP contribution in [0.1, 0.15) is 37.7 Å². The molecule has 1 N–H and O–H groups in total. The molecule has 0 spiro atoms. The van der Waals surface area contributed by atoms with Gasteiger partial charge in [0.25, 0.3) is 0 Å². The van der Waals surface area contributed by atoms with Crippen molar-refractivity contribution < 1.29 is 9.84 Å². The van der Waals surface area contributed by atoms with Gasteiger partial charge in [0.15, 0.2) is 0 Å². The quantitative estimate of drug-likeness (QED) is 0.751. The number of benzene rings is 1. The van der Waals surface area contributed by atoms with Crippen LogP contribution in [-0.4, -0.2) is 71.8 Å². The summed E-state index contributed by atoms with van der Waals surface area (Å²) in [5.41, 5.74) is 1.29. The van der Waals surface area contributed by atoms with Crippen LogP contribution in [0.15, 0.2) is 24.3 Å². The van der Waals surface area contributed by atoms with Crippen LogP contribution in [-0.2, 0) is 6.54 Å². The summed E-state index contributed by atoms with van der Waals surface area (Å²) < 4.78 is 5.89. The van der Waals surface area contributed by atoms with Crippen molar-refractivity contribution >= 4 is 11.8 Å². The summed E-state index contributed by atoms with van der Waals surface area (Å²) in [6, 6.07) is 8.97. The lowest BCUT2D eigenvalue weighted by atomic mass is 9.94. The van der Waals surface area contributed by atoms with Crippen molar-refractivity contribution in [3.05, 3.63) is 29.8 Å². The van der Waals surface area contributed by atoms with Crippen LogP contribution < -0.4 is 4.74 Å². The molecular weight excluding hydrogens is 344 g/mol. The molecule has 1 heterocycles. The molecule has 4 nitrogen and oxygen atoms in total. The number of hydrogen-bond donors (Lipinski definition) is 1. The van der Waals surface area contributed by atoms with E-state index in [1.165, 1.54) is 62.3 Å². The molecule has 0 aromatic heterocycles. The van der Waals surface area contributed by atoms with E-state index in [-0.39, 0.29) is 0 Å². The molecule has 26 heavy (non-hydrogen) atoms. The monoisotopic (exact) mass is 378 g/mol. The Kier molecular flexibility index (Phi) is 8.11. The second-order valence-corrected chi connectivity index (χ2v) is 8.96. The van der Waals surface area contributed by atoms with E-state index in [2.05, 4.69) is 35.0 Å². The third kappa shape index (κ3) is 6.45. The molecule has 3 rings (SSSR count). The number of aliphatic hydroxyl groups excluding tert-OH is 1. The number of likely N-dealkylation sites (N-methyl/N-ethyl adjacent to an activating group) is 1. The zero-order chi connectivity index (χ0) is 18.2. The highest BCUT2D eigenvalue weighted by Crippen LogP contribution is 2.22. The fourth-order valence-corrected chi connectivity index (χ4v) is 4.98. The van der Waals surface area contributed by atoms with Crippen molar-refractivity contribution in [1.82, 2.24) is 9.80 Å². The summed E-state index contributed by atoms with van der Waals surface area (Å²) in [5.74, 6) is 3.33. The van der Waals surface area contributed by atoms with Gasteiger partial charge in [-0.2, -0.15) is 11.8 Å². The first kappa shape index (κ1) is 20.0. The third-order valence-electron chi connectivity index (χ3n) is 5.55. The van der Waals surface area contributed by atoms with E-state index in [0.29, 0.717) is 19.2 Å². The van der Waals surface area contributed by atoms with Gasteiger partial charge in [-0.05, 0) is 37.6 Å². The largest absolute Gasteiger partial charge is 0.491 e. The lowest BCUT2D eigenvalue weighted by Crippen LogP contribution is -2.40. The predicted octanol–water partition coefficient (Wildman–Crippen LogP) is 3.24. The molecule has 1 aromatic rings. The highest BCUT2D eigenvalue weighted by atomic mass is 32.2. The highest BCUT2D eigenvalue weighted by Gasteiger charge is 2.20. The fraction of sp³-hybridized carbons (Fsp3) is 0.714. The minimum atomic E-state index is -0.440. The highest BCUT2D eigenvalue weighted by molar-refractivity contribution is 7.99. The molecule has 1 aliphatic heterocycles. The van der Waals surface area contributed by atoms with E-state index >= 15 is 0 Å². The lowest BCUT2D eigenvalue weighted by molar-refractivity contribution is 0.0561. The maximum absolute atomic E-state index is 10.4. The van der Waals surface area contributed by atoms with E-state index in [1.54, 1.807) is 0 Å². The standard InChI is InChI=1S/C21H34N2O2S/c1-22(19-7-3-2-4-8-19)16-20(24)17-25-21-9-5-6-18(14-21)15-23-10-12-26-13-11-23/h5-6,9,14,19-20,24H,2-4,7-8,10-13,15-17H2,1H3. The molecule has 1 saturated heterocycles. The molecular formula is C21H34N2O2S. The summed E-state index contributed by atoms with van der Waals surface area (Å²) in [5, 5.41) is 10.4. The average molecular weight is 379 g/mol. The third-order valence-corrected chi connectivity index (χ3v) is 6.49.